The molecule has 0 radical (unpaired) electrons. The molecule has 148 valence electrons. The third-order valence-corrected chi connectivity index (χ3v) is 6.38. The molecule has 0 fully saturated rings. The second-order valence-corrected chi connectivity index (χ2v) is 8.78. The van der Waals surface area contributed by atoms with Gasteiger partial charge in [0.05, 0.1) is 15.2 Å². The van der Waals surface area contributed by atoms with Gasteiger partial charge in [0.1, 0.15) is 5.69 Å². The second-order valence-electron chi connectivity index (χ2n) is 6.66. The lowest BCUT2D eigenvalue weighted by molar-refractivity contribution is -0.114. The van der Waals surface area contributed by atoms with Crippen molar-refractivity contribution in [2.75, 3.05) is 0 Å². The number of hydrogen-bond acceptors (Lipinski definition) is 4. The highest BCUT2D eigenvalue weighted by atomic mass is 79.9. The van der Waals surface area contributed by atoms with Crippen molar-refractivity contribution in [2.24, 2.45) is 4.99 Å². The third kappa shape index (κ3) is 3.17. The van der Waals surface area contributed by atoms with E-state index in [0.29, 0.717) is 33.7 Å². The average Bonchev–Trinajstić information content (AvgIpc) is 3.15. The van der Waals surface area contributed by atoms with Crippen LogP contribution in [0.4, 0.5) is 5.69 Å². The summed E-state index contributed by atoms with van der Waals surface area (Å²) in [5.74, 6) is 0.847. The number of benzene rings is 2. The number of ether oxygens (including phenoxy) is 1. The molecule has 1 aliphatic rings. The smallest absolute Gasteiger partial charge is 0.240 e. The van der Waals surface area contributed by atoms with Gasteiger partial charge in [-0.05, 0) is 66.9 Å². The van der Waals surface area contributed by atoms with E-state index < -0.39 is 6.10 Å². The summed E-state index contributed by atoms with van der Waals surface area (Å²) in [5.41, 5.74) is 2.01. The Morgan fingerprint density at radius 3 is 2.77 bits per heavy atom. The summed E-state index contributed by atoms with van der Waals surface area (Å²) in [4.78, 5) is 21.1. The zero-order chi connectivity index (χ0) is 20.8. The molecule has 0 N–H and O–H groups in total. The predicted octanol–water partition coefficient (Wildman–Crippen LogP) is 6.55. The van der Waals surface area contributed by atoms with Crippen molar-refractivity contribution in [2.45, 2.75) is 6.10 Å². The van der Waals surface area contributed by atoms with Crippen LogP contribution in [-0.2, 0) is 9.53 Å². The molecule has 0 bridgehead atoms. The summed E-state index contributed by atoms with van der Waals surface area (Å²) in [5, 5.41) is 2.50. The van der Waals surface area contributed by atoms with Gasteiger partial charge >= 0.3 is 0 Å². The van der Waals surface area contributed by atoms with Crippen LogP contribution in [0, 0.1) is 0 Å². The number of halogens is 3. The summed E-state index contributed by atoms with van der Waals surface area (Å²) in [6, 6.07) is 15.2. The van der Waals surface area contributed by atoms with Gasteiger partial charge in [-0.15, -0.1) is 0 Å². The van der Waals surface area contributed by atoms with Crippen molar-refractivity contribution in [3.63, 3.8) is 0 Å². The molecule has 0 saturated carbocycles. The van der Waals surface area contributed by atoms with Crippen LogP contribution in [0.5, 0.6) is 0 Å². The van der Waals surface area contributed by atoms with E-state index >= 15 is 0 Å². The van der Waals surface area contributed by atoms with Gasteiger partial charge in [-0.3, -0.25) is 9.36 Å². The molecule has 8 heteroatoms. The first kappa shape index (κ1) is 19.5. The van der Waals surface area contributed by atoms with Gasteiger partial charge in [0.15, 0.2) is 18.2 Å². The highest BCUT2D eigenvalue weighted by Gasteiger charge is 2.29. The quantitative estimate of drug-likeness (QED) is 0.274. The van der Waals surface area contributed by atoms with Crippen LogP contribution in [0.1, 0.15) is 17.4 Å². The zero-order valence-electron chi connectivity index (χ0n) is 15.2. The standard InChI is InChI=1S/C22H12Br2ClN3O2/c23-13-9-17(28(10-13)21-16(25)6-3-7-26-21)22-27-20-15(18(11-29)30-22)8-12-4-1-2-5-14(12)19(20)24/h1-11,18H. The molecule has 1 atom stereocenters. The molecule has 0 saturated heterocycles. The maximum Gasteiger partial charge on any atom is 0.240 e. The summed E-state index contributed by atoms with van der Waals surface area (Å²) >= 11 is 13.5. The summed E-state index contributed by atoms with van der Waals surface area (Å²) in [6.07, 6.45) is 3.49. The van der Waals surface area contributed by atoms with Crippen molar-refractivity contribution in [3.05, 3.63) is 86.2 Å². The molecule has 5 nitrogen and oxygen atoms in total. The van der Waals surface area contributed by atoms with Crippen molar-refractivity contribution < 1.29 is 9.53 Å². The maximum absolute atomic E-state index is 11.9. The fourth-order valence-corrected chi connectivity index (χ4v) is 4.81. The van der Waals surface area contributed by atoms with Crippen LogP contribution in [-0.4, -0.2) is 21.7 Å². The van der Waals surface area contributed by atoms with E-state index in [1.807, 2.05) is 42.6 Å². The van der Waals surface area contributed by atoms with Crippen LogP contribution in [0.15, 0.2) is 74.9 Å². The van der Waals surface area contributed by atoms with Crippen LogP contribution in [0.3, 0.4) is 0 Å². The lowest BCUT2D eigenvalue weighted by Crippen LogP contribution is -2.20. The summed E-state index contributed by atoms with van der Waals surface area (Å²) < 4.78 is 9.42. The molecular formula is C22H12Br2ClN3O2. The number of carbonyl (C=O) groups is 1. The Morgan fingerprint density at radius 2 is 1.97 bits per heavy atom. The minimum atomic E-state index is -0.783. The fraction of sp³-hybridized carbons (Fsp3) is 0.0455. The van der Waals surface area contributed by atoms with Gasteiger partial charge in [-0.25, -0.2) is 9.98 Å². The number of fused-ring (bicyclic) bond motifs is 2. The SMILES string of the molecule is O=CC1OC(c2cc(Br)cn2-c2ncccc2Cl)=Nc2c1cc1ccccc1c2Br. The minimum absolute atomic E-state index is 0.308. The molecule has 0 amide bonds. The van der Waals surface area contributed by atoms with E-state index in [-0.39, 0.29) is 0 Å². The first-order valence-electron chi connectivity index (χ1n) is 8.97. The number of pyridine rings is 1. The molecule has 0 spiro atoms. The van der Waals surface area contributed by atoms with Crippen molar-refractivity contribution in [3.8, 4) is 5.82 Å². The Morgan fingerprint density at radius 1 is 1.13 bits per heavy atom. The van der Waals surface area contributed by atoms with E-state index in [9.17, 15) is 4.79 Å². The highest BCUT2D eigenvalue weighted by Crippen LogP contribution is 2.43. The summed E-state index contributed by atoms with van der Waals surface area (Å²) in [7, 11) is 0. The average molecular weight is 546 g/mol. The summed E-state index contributed by atoms with van der Waals surface area (Å²) in [6.45, 7) is 0. The maximum atomic E-state index is 11.9. The lowest BCUT2D eigenvalue weighted by Gasteiger charge is -2.24. The number of rotatable bonds is 3. The molecule has 0 aliphatic carbocycles. The number of aromatic nitrogens is 2. The zero-order valence-corrected chi connectivity index (χ0v) is 19.1. The van der Waals surface area contributed by atoms with Crippen LogP contribution < -0.4 is 0 Å². The van der Waals surface area contributed by atoms with Gasteiger partial charge in [0.25, 0.3) is 0 Å². The van der Waals surface area contributed by atoms with Gasteiger partial charge in [0, 0.05) is 22.4 Å². The van der Waals surface area contributed by atoms with E-state index in [4.69, 9.17) is 21.3 Å². The molecule has 3 heterocycles. The van der Waals surface area contributed by atoms with Crippen molar-refractivity contribution in [1.29, 1.82) is 0 Å². The Hall–Kier alpha value is -2.48. The van der Waals surface area contributed by atoms with E-state index in [2.05, 4.69) is 36.8 Å². The van der Waals surface area contributed by atoms with Crippen LogP contribution in [0.25, 0.3) is 16.6 Å². The fourth-order valence-electron chi connectivity index (χ4n) is 3.50. The predicted molar refractivity (Wildman–Crippen MR) is 124 cm³/mol. The Labute approximate surface area is 193 Å². The largest absolute Gasteiger partial charge is 0.460 e. The number of aliphatic imine (C=N–C) groups is 1. The van der Waals surface area contributed by atoms with Gasteiger partial charge < -0.3 is 4.74 Å². The molecule has 2 aromatic carbocycles. The molecule has 1 unspecified atom stereocenters. The van der Waals surface area contributed by atoms with Gasteiger partial charge in [-0.2, -0.15) is 0 Å². The van der Waals surface area contributed by atoms with Gasteiger partial charge in [0.2, 0.25) is 5.90 Å². The van der Waals surface area contributed by atoms with Crippen LogP contribution >= 0.6 is 43.5 Å². The number of aldehydes is 1. The molecule has 2 aromatic heterocycles. The van der Waals surface area contributed by atoms with Crippen molar-refractivity contribution >= 4 is 72.1 Å². The Balaban J connectivity index is 1.74. The van der Waals surface area contributed by atoms with E-state index in [1.165, 1.54) is 0 Å². The first-order chi connectivity index (χ1) is 14.6. The Kier molecular flexibility index (Phi) is 4.97. The number of nitrogens with zero attached hydrogens (tertiary/aromatic N) is 3. The topological polar surface area (TPSA) is 56.5 Å². The molecular weight excluding hydrogens is 534 g/mol. The molecule has 30 heavy (non-hydrogen) atoms. The highest BCUT2D eigenvalue weighted by molar-refractivity contribution is 9.11. The normalized spacial score (nSPS) is 15.4. The first-order valence-corrected chi connectivity index (χ1v) is 10.9. The van der Waals surface area contributed by atoms with Crippen molar-refractivity contribution in [1.82, 2.24) is 9.55 Å². The minimum Gasteiger partial charge on any atom is -0.460 e. The van der Waals surface area contributed by atoms with Gasteiger partial charge in [-0.1, -0.05) is 35.9 Å². The molecule has 4 aromatic rings. The monoisotopic (exact) mass is 543 g/mol. The molecule has 5 rings (SSSR count). The molecule has 1 aliphatic heterocycles. The van der Waals surface area contributed by atoms with E-state index in [1.54, 1.807) is 22.9 Å². The Bertz CT molecular complexity index is 1350. The second kappa shape index (κ2) is 7.65. The van der Waals surface area contributed by atoms with E-state index in [0.717, 1.165) is 26.0 Å². The van der Waals surface area contributed by atoms with Crippen LogP contribution in [0.2, 0.25) is 5.02 Å². The lowest BCUT2D eigenvalue weighted by atomic mass is 10.0. The number of hydrogen-bond donors (Lipinski definition) is 0. The third-order valence-electron chi connectivity index (χ3n) is 4.84. The number of carbonyl (C=O) groups excluding carboxylic acids is 1.